The minimum Gasteiger partial charge on any atom is -0.392 e. The van der Waals surface area contributed by atoms with Gasteiger partial charge in [-0.2, -0.15) is 0 Å². The van der Waals surface area contributed by atoms with E-state index in [1.54, 1.807) is 0 Å². The largest absolute Gasteiger partial charge is 0.392 e. The summed E-state index contributed by atoms with van der Waals surface area (Å²) < 4.78 is 0. The van der Waals surface area contributed by atoms with Gasteiger partial charge in [-0.25, -0.2) is 0 Å². The smallest absolute Gasteiger partial charge is 0.0994 e. The first-order valence-electron chi connectivity index (χ1n) is 2.77. The average Bonchev–Trinajstić information content (AvgIpc) is 1.77. The number of aliphatic hydroxyl groups excluding tert-OH is 2. The molecule has 0 aromatic rings. The van der Waals surface area contributed by atoms with Crippen molar-refractivity contribution in [3.63, 3.8) is 0 Å². The Morgan fingerprint density at radius 1 is 1.25 bits per heavy atom. The van der Waals surface area contributed by atoms with Gasteiger partial charge in [0.15, 0.2) is 0 Å². The normalized spacial score (nSPS) is 39.8. The van der Waals surface area contributed by atoms with Crippen LogP contribution in [0.4, 0.5) is 0 Å². The molecule has 1 rings (SSSR count). The molecule has 8 heavy (non-hydrogen) atoms. The van der Waals surface area contributed by atoms with Gasteiger partial charge in [0.25, 0.3) is 0 Å². The van der Waals surface area contributed by atoms with Gasteiger partial charge in [0, 0.05) is 5.75 Å². The van der Waals surface area contributed by atoms with Crippen LogP contribution in [-0.2, 0) is 0 Å². The molecule has 2 N–H and O–H groups in total. The third kappa shape index (κ3) is 1.65. The minimum absolute atomic E-state index is 0.177. The molecule has 2 nitrogen and oxygen atoms in total. The van der Waals surface area contributed by atoms with E-state index in [-0.39, 0.29) is 11.5 Å². The monoisotopic (exact) mass is 134 g/mol. The lowest BCUT2D eigenvalue weighted by molar-refractivity contribution is 0.151. The quantitative estimate of drug-likeness (QED) is 0.497. The van der Waals surface area contributed by atoms with E-state index in [1.807, 2.05) is 0 Å². The fourth-order valence-electron chi connectivity index (χ4n) is 0.724. The molecule has 1 aliphatic rings. The Morgan fingerprint density at radius 3 is 2.38 bits per heavy atom. The molecule has 0 unspecified atom stereocenters. The molecule has 0 bridgehead atoms. The molecule has 0 saturated carbocycles. The maximum absolute atomic E-state index is 8.90. The zero-order valence-electron chi connectivity index (χ0n) is 4.58. The van der Waals surface area contributed by atoms with Gasteiger partial charge in [0.2, 0.25) is 0 Å². The van der Waals surface area contributed by atoms with E-state index in [9.17, 15) is 0 Å². The van der Waals surface area contributed by atoms with Crippen molar-refractivity contribution in [1.29, 1.82) is 0 Å². The summed E-state index contributed by atoms with van der Waals surface area (Å²) in [5.74, 6) is 0.696. The van der Waals surface area contributed by atoms with E-state index in [2.05, 4.69) is 0 Å². The molecule has 1 fully saturated rings. The van der Waals surface area contributed by atoms with E-state index < -0.39 is 0 Å². The van der Waals surface area contributed by atoms with Crippen molar-refractivity contribution < 1.29 is 10.2 Å². The first-order valence-corrected chi connectivity index (χ1v) is 3.81. The summed E-state index contributed by atoms with van der Waals surface area (Å²) >= 11 is 1.43. The van der Waals surface area contributed by atoms with Crippen LogP contribution in [0.1, 0.15) is 12.8 Å². The van der Waals surface area contributed by atoms with Gasteiger partial charge in [0.05, 0.1) is 11.5 Å². The summed E-state index contributed by atoms with van der Waals surface area (Å²) in [6, 6.07) is 0. The summed E-state index contributed by atoms with van der Waals surface area (Å²) in [5.41, 5.74) is -0.224. The van der Waals surface area contributed by atoms with E-state index in [1.165, 1.54) is 11.8 Å². The fourth-order valence-corrected chi connectivity index (χ4v) is 1.64. The first kappa shape index (κ1) is 6.39. The number of hydrogen-bond acceptors (Lipinski definition) is 3. The Bertz CT molecular complexity index is 58.8. The highest BCUT2D eigenvalue weighted by Gasteiger charge is 2.16. The summed E-state index contributed by atoms with van der Waals surface area (Å²) in [4.78, 5) is 0. The van der Waals surface area contributed by atoms with Crippen molar-refractivity contribution >= 4 is 11.8 Å². The molecule has 1 saturated heterocycles. The van der Waals surface area contributed by atoms with Gasteiger partial charge < -0.3 is 10.2 Å². The molecular formula is C5H10O2S. The minimum atomic E-state index is -0.224. The van der Waals surface area contributed by atoms with E-state index in [0.717, 1.165) is 12.8 Å². The fraction of sp³-hybridized carbons (Fsp3) is 1.00. The lowest BCUT2D eigenvalue weighted by Gasteiger charge is -2.20. The van der Waals surface area contributed by atoms with Crippen LogP contribution >= 0.6 is 11.8 Å². The van der Waals surface area contributed by atoms with Crippen LogP contribution in [0.25, 0.3) is 0 Å². The van der Waals surface area contributed by atoms with E-state index in [0.29, 0.717) is 5.75 Å². The molecule has 0 amide bonds. The Kier molecular flexibility index (Phi) is 2.16. The SMILES string of the molecule is O[C@H]1CC[C@H](O)SC1. The second-order valence-corrected chi connectivity index (χ2v) is 3.23. The molecule has 0 aromatic heterocycles. The van der Waals surface area contributed by atoms with Gasteiger partial charge in [-0.1, -0.05) is 0 Å². The number of aliphatic hydroxyl groups is 2. The summed E-state index contributed by atoms with van der Waals surface area (Å²) in [5, 5.41) is 17.8. The molecular weight excluding hydrogens is 124 g/mol. The Morgan fingerprint density at radius 2 is 2.00 bits per heavy atom. The first-order chi connectivity index (χ1) is 3.79. The molecule has 48 valence electrons. The lowest BCUT2D eigenvalue weighted by atomic mass is 10.2. The van der Waals surface area contributed by atoms with Crippen molar-refractivity contribution in [3.8, 4) is 0 Å². The summed E-state index contributed by atoms with van der Waals surface area (Å²) in [6.07, 6.45) is 1.32. The maximum Gasteiger partial charge on any atom is 0.0994 e. The second kappa shape index (κ2) is 2.71. The van der Waals surface area contributed by atoms with Crippen molar-refractivity contribution in [3.05, 3.63) is 0 Å². The van der Waals surface area contributed by atoms with Crippen molar-refractivity contribution in [2.24, 2.45) is 0 Å². The predicted octanol–water partition coefficient (Wildman–Crippen LogP) is 0.193. The Balaban J connectivity index is 2.19. The van der Waals surface area contributed by atoms with Crippen LogP contribution in [0.5, 0.6) is 0 Å². The zero-order valence-corrected chi connectivity index (χ0v) is 5.40. The Labute approximate surface area is 52.9 Å². The maximum atomic E-state index is 8.90. The third-order valence-corrected chi connectivity index (χ3v) is 2.43. The molecule has 1 heterocycles. The predicted molar refractivity (Wildman–Crippen MR) is 33.7 cm³/mol. The van der Waals surface area contributed by atoms with Gasteiger partial charge in [0.1, 0.15) is 0 Å². The average molecular weight is 134 g/mol. The van der Waals surface area contributed by atoms with Gasteiger partial charge >= 0.3 is 0 Å². The highest BCUT2D eigenvalue weighted by Crippen LogP contribution is 2.22. The second-order valence-electron chi connectivity index (χ2n) is 2.02. The Hall–Kier alpha value is 0.270. The number of thioether (sulfide) groups is 1. The lowest BCUT2D eigenvalue weighted by Crippen LogP contribution is -2.20. The van der Waals surface area contributed by atoms with Crippen LogP contribution in [0, 0.1) is 0 Å². The molecule has 0 radical (unpaired) electrons. The molecule has 2 atom stereocenters. The van der Waals surface area contributed by atoms with Crippen molar-refractivity contribution in [2.75, 3.05) is 5.75 Å². The van der Waals surface area contributed by atoms with Gasteiger partial charge in [-0.15, -0.1) is 11.8 Å². The van der Waals surface area contributed by atoms with Crippen molar-refractivity contribution in [1.82, 2.24) is 0 Å². The molecule has 0 spiro atoms. The van der Waals surface area contributed by atoms with Crippen LogP contribution in [0.3, 0.4) is 0 Å². The zero-order chi connectivity index (χ0) is 5.98. The summed E-state index contributed by atoms with van der Waals surface area (Å²) in [6.45, 7) is 0. The van der Waals surface area contributed by atoms with Crippen LogP contribution in [-0.4, -0.2) is 27.5 Å². The molecule has 0 aromatic carbocycles. The number of rotatable bonds is 0. The van der Waals surface area contributed by atoms with Crippen LogP contribution < -0.4 is 0 Å². The topological polar surface area (TPSA) is 40.5 Å². The van der Waals surface area contributed by atoms with Crippen molar-refractivity contribution in [2.45, 2.75) is 24.4 Å². The standard InChI is InChI=1S/C5H10O2S/c6-4-1-2-5(7)8-3-4/h4-7H,1-3H2/t4-,5+/m0/s1. The van der Waals surface area contributed by atoms with Gasteiger partial charge in [-0.05, 0) is 12.8 Å². The molecule has 3 heteroatoms. The number of hydrogen-bond donors (Lipinski definition) is 2. The molecule has 0 aliphatic carbocycles. The third-order valence-electron chi connectivity index (χ3n) is 1.23. The van der Waals surface area contributed by atoms with Gasteiger partial charge in [-0.3, -0.25) is 0 Å². The van der Waals surface area contributed by atoms with E-state index >= 15 is 0 Å². The molecule has 1 aliphatic heterocycles. The van der Waals surface area contributed by atoms with Crippen LogP contribution in [0.15, 0.2) is 0 Å². The summed E-state index contributed by atoms with van der Waals surface area (Å²) in [7, 11) is 0. The highest BCUT2D eigenvalue weighted by atomic mass is 32.2. The van der Waals surface area contributed by atoms with E-state index in [4.69, 9.17) is 10.2 Å². The van der Waals surface area contributed by atoms with Crippen LogP contribution in [0.2, 0.25) is 0 Å². The highest BCUT2D eigenvalue weighted by molar-refractivity contribution is 7.99.